The molecule has 4 rings (SSSR count). The zero-order valence-electron chi connectivity index (χ0n) is 14.4. The van der Waals surface area contributed by atoms with Gasteiger partial charge < -0.3 is 10.6 Å². The van der Waals surface area contributed by atoms with Crippen LogP contribution in [0.5, 0.6) is 0 Å². The molecule has 1 saturated heterocycles. The lowest BCUT2D eigenvalue weighted by Crippen LogP contribution is -2.33. The molecule has 136 valence electrons. The van der Waals surface area contributed by atoms with Gasteiger partial charge >= 0.3 is 0 Å². The Morgan fingerprint density at radius 2 is 1.68 bits per heavy atom. The summed E-state index contributed by atoms with van der Waals surface area (Å²) in [5.74, 6) is 0.943. The number of nitrogens with two attached hydrogens (primary N) is 1. The van der Waals surface area contributed by atoms with Gasteiger partial charge in [0.1, 0.15) is 0 Å². The fourth-order valence-corrected chi connectivity index (χ4v) is 6.69. The Bertz CT molecular complexity index is 753. The van der Waals surface area contributed by atoms with Gasteiger partial charge in [-0.15, -0.1) is 0 Å². The number of carbonyl (C=O) groups is 1. The minimum absolute atomic E-state index is 0.00795. The van der Waals surface area contributed by atoms with E-state index in [1.165, 1.54) is 0 Å². The Balaban J connectivity index is 1.48. The molecule has 3 unspecified atom stereocenters. The van der Waals surface area contributed by atoms with Crippen molar-refractivity contribution in [1.82, 2.24) is 4.90 Å². The SMILES string of the molecule is NC1CCC2CN(C(=O)c3ccc(S(=O)(=O)C4CCCC4)cc3)CC12. The summed E-state index contributed by atoms with van der Waals surface area (Å²) in [6.45, 7) is 1.51. The number of carbonyl (C=O) groups excluding carboxylic acids is 1. The largest absolute Gasteiger partial charge is 0.338 e. The first-order chi connectivity index (χ1) is 12.0. The average Bonchev–Trinajstić information content (AvgIpc) is 3.33. The van der Waals surface area contributed by atoms with Gasteiger partial charge in [0, 0.05) is 24.7 Å². The molecule has 0 spiro atoms. The van der Waals surface area contributed by atoms with Crippen molar-refractivity contribution >= 4 is 15.7 Å². The Hall–Kier alpha value is -1.40. The van der Waals surface area contributed by atoms with Gasteiger partial charge in [-0.25, -0.2) is 8.42 Å². The van der Waals surface area contributed by atoms with E-state index in [-0.39, 0.29) is 17.2 Å². The van der Waals surface area contributed by atoms with Crippen LogP contribution in [0.1, 0.15) is 48.9 Å². The highest BCUT2D eigenvalue weighted by Gasteiger charge is 2.42. The van der Waals surface area contributed by atoms with Crippen molar-refractivity contribution in [2.75, 3.05) is 13.1 Å². The molecule has 1 amide bonds. The maximum absolute atomic E-state index is 12.7. The average molecular weight is 362 g/mol. The van der Waals surface area contributed by atoms with E-state index in [9.17, 15) is 13.2 Å². The Labute approximate surface area is 149 Å². The van der Waals surface area contributed by atoms with Crippen LogP contribution in [0.2, 0.25) is 0 Å². The van der Waals surface area contributed by atoms with Crippen molar-refractivity contribution in [3.63, 3.8) is 0 Å². The highest BCUT2D eigenvalue weighted by Crippen LogP contribution is 2.37. The van der Waals surface area contributed by atoms with Gasteiger partial charge in [-0.2, -0.15) is 0 Å². The summed E-state index contributed by atoms with van der Waals surface area (Å²) in [5.41, 5.74) is 6.71. The molecule has 1 aromatic carbocycles. The second-order valence-electron chi connectivity index (χ2n) is 7.85. The molecular weight excluding hydrogens is 336 g/mol. The molecule has 0 radical (unpaired) electrons. The van der Waals surface area contributed by atoms with E-state index in [2.05, 4.69) is 0 Å². The third-order valence-electron chi connectivity index (χ3n) is 6.37. The van der Waals surface area contributed by atoms with E-state index < -0.39 is 9.84 Å². The predicted molar refractivity (Wildman–Crippen MR) is 96.0 cm³/mol. The van der Waals surface area contributed by atoms with Crippen LogP contribution in [-0.4, -0.2) is 43.6 Å². The van der Waals surface area contributed by atoms with Gasteiger partial charge in [0.15, 0.2) is 9.84 Å². The van der Waals surface area contributed by atoms with Crippen molar-refractivity contribution in [2.45, 2.75) is 54.7 Å². The summed E-state index contributed by atoms with van der Waals surface area (Å²) in [6, 6.07) is 6.74. The van der Waals surface area contributed by atoms with E-state index >= 15 is 0 Å². The molecule has 5 nitrogen and oxygen atoms in total. The quantitative estimate of drug-likeness (QED) is 0.894. The number of amides is 1. The monoisotopic (exact) mass is 362 g/mol. The van der Waals surface area contributed by atoms with Crippen molar-refractivity contribution in [3.05, 3.63) is 29.8 Å². The number of benzene rings is 1. The fraction of sp³-hybridized carbons (Fsp3) is 0.632. The van der Waals surface area contributed by atoms with E-state index in [1.54, 1.807) is 24.3 Å². The maximum atomic E-state index is 12.7. The number of sulfone groups is 1. The smallest absolute Gasteiger partial charge is 0.253 e. The number of rotatable bonds is 3. The van der Waals surface area contributed by atoms with Crippen LogP contribution in [-0.2, 0) is 9.84 Å². The molecule has 3 aliphatic rings. The topological polar surface area (TPSA) is 80.5 Å². The second kappa shape index (κ2) is 6.40. The number of fused-ring (bicyclic) bond motifs is 1. The Morgan fingerprint density at radius 1 is 1.00 bits per heavy atom. The standard InChI is InChI=1S/C19H26N2O3S/c20-18-10-7-14-11-21(12-17(14)18)19(22)13-5-8-16(9-6-13)25(23,24)15-3-1-2-4-15/h5-6,8-9,14-15,17-18H,1-4,7,10-12,20H2. The first-order valence-corrected chi connectivity index (χ1v) is 10.9. The minimum atomic E-state index is -3.26. The summed E-state index contributed by atoms with van der Waals surface area (Å²) < 4.78 is 25.3. The molecule has 3 atom stereocenters. The second-order valence-corrected chi connectivity index (χ2v) is 10.1. The van der Waals surface area contributed by atoms with E-state index in [4.69, 9.17) is 5.73 Å². The molecule has 0 aromatic heterocycles. The van der Waals surface area contributed by atoms with Gasteiger partial charge in [-0.3, -0.25) is 4.79 Å². The van der Waals surface area contributed by atoms with Crippen molar-refractivity contribution in [2.24, 2.45) is 17.6 Å². The zero-order chi connectivity index (χ0) is 17.6. The Morgan fingerprint density at radius 3 is 2.32 bits per heavy atom. The molecule has 2 saturated carbocycles. The van der Waals surface area contributed by atoms with Gasteiger partial charge in [0.05, 0.1) is 10.1 Å². The van der Waals surface area contributed by atoms with Crippen molar-refractivity contribution in [1.29, 1.82) is 0 Å². The molecule has 1 aliphatic heterocycles. The van der Waals surface area contributed by atoms with Gasteiger partial charge in [0.2, 0.25) is 0 Å². The highest BCUT2D eigenvalue weighted by atomic mass is 32.2. The van der Waals surface area contributed by atoms with Gasteiger partial charge in [-0.05, 0) is 61.8 Å². The molecule has 2 N–H and O–H groups in total. The Kier molecular flexibility index (Phi) is 4.36. The van der Waals surface area contributed by atoms with Crippen LogP contribution in [0.15, 0.2) is 29.2 Å². The van der Waals surface area contributed by atoms with Crippen LogP contribution in [0, 0.1) is 11.8 Å². The van der Waals surface area contributed by atoms with Crippen molar-refractivity contribution < 1.29 is 13.2 Å². The van der Waals surface area contributed by atoms with E-state index in [0.29, 0.717) is 22.3 Å². The van der Waals surface area contributed by atoms with Gasteiger partial charge in [-0.1, -0.05) is 12.8 Å². The van der Waals surface area contributed by atoms with Crippen LogP contribution in [0.25, 0.3) is 0 Å². The number of likely N-dealkylation sites (tertiary alicyclic amines) is 1. The summed E-state index contributed by atoms with van der Waals surface area (Å²) in [6.07, 6.45) is 5.64. The molecule has 6 heteroatoms. The normalized spacial score (nSPS) is 30.0. The number of hydrogen-bond donors (Lipinski definition) is 1. The summed E-state index contributed by atoms with van der Waals surface area (Å²) in [5, 5.41) is -0.256. The number of hydrogen-bond acceptors (Lipinski definition) is 4. The minimum Gasteiger partial charge on any atom is -0.338 e. The molecule has 0 bridgehead atoms. The van der Waals surface area contributed by atoms with E-state index in [1.807, 2.05) is 4.90 Å². The summed E-state index contributed by atoms with van der Waals surface area (Å²) in [7, 11) is -3.26. The van der Waals surface area contributed by atoms with Crippen LogP contribution < -0.4 is 5.73 Å². The lowest BCUT2D eigenvalue weighted by atomic mass is 9.98. The lowest BCUT2D eigenvalue weighted by molar-refractivity contribution is 0.0779. The van der Waals surface area contributed by atoms with Gasteiger partial charge in [0.25, 0.3) is 5.91 Å². The zero-order valence-corrected chi connectivity index (χ0v) is 15.2. The number of nitrogens with zero attached hydrogens (tertiary/aromatic N) is 1. The third kappa shape index (κ3) is 2.99. The van der Waals surface area contributed by atoms with E-state index in [0.717, 1.165) is 51.6 Å². The molecule has 3 fully saturated rings. The van der Waals surface area contributed by atoms with Crippen molar-refractivity contribution in [3.8, 4) is 0 Å². The van der Waals surface area contributed by atoms with Crippen LogP contribution in [0.3, 0.4) is 0 Å². The first-order valence-electron chi connectivity index (χ1n) is 9.35. The fourth-order valence-electron chi connectivity index (χ4n) is 4.83. The lowest BCUT2D eigenvalue weighted by Gasteiger charge is -2.19. The molecular formula is C19H26N2O3S. The predicted octanol–water partition coefficient (Wildman–Crippen LogP) is 2.21. The molecule has 25 heavy (non-hydrogen) atoms. The summed E-state index contributed by atoms with van der Waals surface area (Å²) >= 11 is 0. The maximum Gasteiger partial charge on any atom is 0.253 e. The third-order valence-corrected chi connectivity index (χ3v) is 8.65. The van der Waals surface area contributed by atoms with Crippen LogP contribution >= 0.6 is 0 Å². The molecule has 2 aliphatic carbocycles. The highest BCUT2D eigenvalue weighted by molar-refractivity contribution is 7.92. The first kappa shape index (κ1) is 17.0. The van der Waals surface area contributed by atoms with Crippen LogP contribution in [0.4, 0.5) is 0 Å². The molecule has 1 heterocycles. The molecule has 1 aromatic rings. The summed E-state index contributed by atoms with van der Waals surface area (Å²) in [4.78, 5) is 15.0.